The molecule has 2 aromatic rings. The van der Waals surface area contributed by atoms with Crippen LogP contribution in [0, 0.1) is 10.1 Å². The van der Waals surface area contributed by atoms with E-state index in [2.05, 4.69) is 10.2 Å². The van der Waals surface area contributed by atoms with Crippen molar-refractivity contribution in [1.29, 1.82) is 0 Å². The van der Waals surface area contributed by atoms with Crippen LogP contribution in [-0.2, 0) is 9.84 Å². The van der Waals surface area contributed by atoms with Gasteiger partial charge >= 0.3 is 5.69 Å². The van der Waals surface area contributed by atoms with Crippen LogP contribution >= 0.6 is 11.6 Å². The molecular formula is C19H22ClN3O4S. The van der Waals surface area contributed by atoms with Gasteiger partial charge in [0, 0.05) is 17.8 Å². The van der Waals surface area contributed by atoms with Crippen molar-refractivity contribution in [2.75, 3.05) is 31.2 Å². The third-order valence-corrected chi connectivity index (χ3v) is 6.25. The zero-order valence-electron chi connectivity index (χ0n) is 15.5. The maximum Gasteiger partial charge on any atom is 0.310 e. The minimum Gasteiger partial charge on any atom is -0.378 e. The first-order valence-corrected chi connectivity index (χ1v) is 11.2. The van der Waals surface area contributed by atoms with E-state index in [4.69, 9.17) is 11.6 Å². The summed E-state index contributed by atoms with van der Waals surface area (Å²) in [6, 6.07) is 11.8. The van der Waals surface area contributed by atoms with Crippen LogP contribution in [0.25, 0.3) is 0 Å². The second-order valence-electron chi connectivity index (χ2n) is 6.88. The molecule has 1 unspecified atom stereocenters. The molecule has 3 rings (SSSR count). The molecular weight excluding hydrogens is 402 g/mol. The van der Waals surface area contributed by atoms with Gasteiger partial charge < -0.3 is 5.32 Å². The molecule has 1 atom stereocenters. The number of halogens is 1. The first-order chi connectivity index (χ1) is 13.3. The summed E-state index contributed by atoms with van der Waals surface area (Å²) in [5, 5.41) is 15.3. The van der Waals surface area contributed by atoms with Crippen LogP contribution in [-0.4, -0.2) is 44.1 Å². The van der Waals surface area contributed by atoms with Gasteiger partial charge in [-0.25, -0.2) is 8.42 Å². The second kappa shape index (κ2) is 8.46. The minimum atomic E-state index is -3.72. The fraction of sp³-hybridized carbons (Fsp3) is 0.368. The van der Waals surface area contributed by atoms with Crippen LogP contribution in [0.3, 0.4) is 0 Å². The molecule has 1 aliphatic rings. The van der Waals surface area contributed by atoms with Gasteiger partial charge in [-0.1, -0.05) is 29.8 Å². The summed E-state index contributed by atoms with van der Waals surface area (Å²) in [4.78, 5) is 12.9. The van der Waals surface area contributed by atoms with E-state index in [-0.39, 0.29) is 16.6 Å². The van der Waals surface area contributed by atoms with Crippen molar-refractivity contribution in [3.63, 3.8) is 0 Å². The molecule has 0 spiro atoms. The minimum absolute atomic E-state index is 0.0253. The number of nitro groups is 1. The van der Waals surface area contributed by atoms with Crippen LogP contribution in [0.5, 0.6) is 0 Å². The third kappa shape index (κ3) is 4.63. The highest BCUT2D eigenvalue weighted by Gasteiger charge is 2.28. The van der Waals surface area contributed by atoms with E-state index >= 15 is 0 Å². The number of benzene rings is 2. The Balaban J connectivity index is 1.92. The number of likely N-dealkylation sites (tertiary alicyclic amines) is 1. The molecule has 9 heteroatoms. The molecule has 0 bridgehead atoms. The number of nitrogens with zero attached hydrogens (tertiary/aromatic N) is 2. The van der Waals surface area contributed by atoms with Crippen molar-refractivity contribution in [2.24, 2.45) is 0 Å². The van der Waals surface area contributed by atoms with Gasteiger partial charge in [0.2, 0.25) is 0 Å². The zero-order chi connectivity index (χ0) is 20.3. The smallest absolute Gasteiger partial charge is 0.310 e. The Kier molecular flexibility index (Phi) is 6.22. The molecule has 1 N–H and O–H groups in total. The first-order valence-electron chi connectivity index (χ1n) is 8.98. The largest absolute Gasteiger partial charge is 0.378 e. The van der Waals surface area contributed by atoms with Crippen molar-refractivity contribution in [1.82, 2.24) is 4.90 Å². The SMILES string of the molecule is CS(=O)(=O)c1cccc(NCC(c2cccc(Cl)c2)N2CCCC2)c1[N+](=O)[O-]. The highest BCUT2D eigenvalue weighted by molar-refractivity contribution is 7.90. The summed E-state index contributed by atoms with van der Waals surface area (Å²) in [6.45, 7) is 2.27. The molecule has 28 heavy (non-hydrogen) atoms. The first kappa shape index (κ1) is 20.6. The lowest BCUT2D eigenvalue weighted by atomic mass is 10.1. The summed E-state index contributed by atoms with van der Waals surface area (Å²) in [7, 11) is -3.72. The summed E-state index contributed by atoms with van der Waals surface area (Å²) in [5.41, 5.74) is 0.791. The number of nitro benzene ring substituents is 1. The normalized spacial score (nSPS) is 16.1. The van der Waals surface area contributed by atoms with Gasteiger partial charge in [-0.05, 0) is 55.8 Å². The van der Waals surface area contributed by atoms with Gasteiger partial charge in [0.1, 0.15) is 10.6 Å². The summed E-state index contributed by atoms with van der Waals surface area (Å²) in [5.74, 6) is 0. The molecule has 0 saturated carbocycles. The van der Waals surface area contributed by atoms with Crippen LogP contribution < -0.4 is 5.32 Å². The molecule has 1 saturated heterocycles. The molecule has 1 aliphatic heterocycles. The Morgan fingerprint density at radius 3 is 2.50 bits per heavy atom. The van der Waals surface area contributed by atoms with Crippen LogP contribution in [0.1, 0.15) is 24.4 Å². The van der Waals surface area contributed by atoms with Gasteiger partial charge in [-0.2, -0.15) is 0 Å². The van der Waals surface area contributed by atoms with E-state index < -0.39 is 20.4 Å². The fourth-order valence-electron chi connectivity index (χ4n) is 3.58. The van der Waals surface area contributed by atoms with Crippen molar-refractivity contribution < 1.29 is 13.3 Å². The van der Waals surface area contributed by atoms with E-state index in [0.29, 0.717) is 11.6 Å². The second-order valence-corrected chi connectivity index (χ2v) is 9.30. The molecule has 0 aliphatic carbocycles. The van der Waals surface area contributed by atoms with E-state index in [1.54, 1.807) is 6.07 Å². The summed E-state index contributed by atoms with van der Waals surface area (Å²) < 4.78 is 23.9. The van der Waals surface area contributed by atoms with E-state index in [1.807, 2.05) is 18.2 Å². The molecule has 1 heterocycles. The molecule has 7 nitrogen and oxygen atoms in total. The summed E-state index contributed by atoms with van der Waals surface area (Å²) >= 11 is 6.16. The predicted octanol–water partition coefficient (Wildman–Crippen LogP) is 3.90. The number of para-hydroxylation sites is 1. The van der Waals surface area contributed by atoms with Crippen LogP contribution in [0.4, 0.5) is 11.4 Å². The molecule has 2 aromatic carbocycles. The average Bonchev–Trinajstić information content (AvgIpc) is 3.15. The van der Waals surface area contributed by atoms with Crippen molar-refractivity contribution in [3.05, 3.63) is 63.2 Å². The lowest BCUT2D eigenvalue weighted by Gasteiger charge is -2.28. The highest BCUT2D eigenvalue weighted by atomic mass is 35.5. The van der Waals surface area contributed by atoms with Gasteiger partial charge in [0.05, 0.1) is 11.0 Å². The number of hydrogen-bond acceptors (Lipinski definition) is 6. The maximum atomic E-state index is 12.0. The van der Waals surface area contributed by atoms with Crippen molar-refractivity contribution >= 4 is 32.8 Å². The third-order valence-electron chi connectivity index (χ3n) is 4.88. The lowest BCUT2D eigenvalue weighted by Crippen LogP contribution is -2.31. The van der Waals surface area contributed by atoms with Gasteiger partial charge in [0.15, 0.2) is 9.84 Å². The molecule has 0 amide bonds. The van der Waals surface area contributed by atoms with Crippen molar-refractivity contribution in [3.8, 4) is 0 Å². The average molecular weight is 424 g/mol. The quantitative estimate of drug-likeness (QED) is 0.536. The van der Waals surface area contributed by atoms with Crippen LogP contribution in [0.2, 0.25) is 5.02 Å². The van der Waals surface area contributed by atoms with Crippen molar-refractivity contribution in [2.45, 2.75) is 23.8 Å². The Bertz CT molecular complexity index is 975. The van der Waals surface area contributed by atoms with Gasteiger partial charge in [-0.3, -0.25) is 15.0 Å². The Labute approximate surface area is 169 Å². The number of rotatable bonds is 7. The standard InChI is InChI=1S/C19H22ClN3O4S/c1-28(26,27)18-9-5-8-16(19(18)23(24)25)21-13-17(22-10-2-3-11-22)14-6-4-7-15(20)12-14/h4-9,12,17,21H,2-3,10-11,13H2,1H3. The van der Waals surface area contributed by atoms with Gasteiger partial charge in [0.25, 0.3) is 0 Å². The van der Waals surface area contributed by atoms with E-state index in [1.165, 1.54) is 18.2 Å². The molecule has 0 radical (unpaired) electrons. The van der Waals surface area contributed by atoms with E-state index in [9.17, 15) is 18.5 Å². The van der Waals surface area contributed by atoms with Crippen LogP contribution in [0.15, 0.2) is 47.4 Å². The highest BCUT2D eigenvalue weighted by Crippen LogP contribution is 2.33. The predicted molar refractivity (Wildman–Crippen MR) is 110 cm³/mol. The lowest BCUT2D eigenvalue weighted by molar-refractivity contribution is -0.386. The van der Waals surface area contributed by atoms with Gasteiger partial charge in [-0.15, -0.1) is 0 Å². The summed E-state index contributed by atoms with van der Waals surface area (Å²) in [6.07, 6.45) is 3.17. The number of anilines is 1. The Hall–Kier alpha value is -2.16. The monoisotopic (exact) mass is 423 g/mol. The maximum absolute atomic E-state index is 12.0. The topological polar surface area (TPSA) is 92.6 Å². The fourth-order valence-corrected chi connectivity index (χ4v) is 4.64. The number of nitrogens with one attached hydrogen (secondary N) is 1. The van der Waals surface area contributed by atoms with E-state index in [0.717, 1.165) is 37.8 Å². The zero-order valence-corrected chi connectivity index (χ0v) is 17.0. The number of sulfone groups is 1. The molecule has 150 valence electrons. The molecule has 1 fully saturated rings. The Morgan fingerprint density at radius 1 is 1.21 bits per heavy atom. The number of hydrogen-bond donors (Lipinski definition) is 1. The molecule has 0 aromatic heterocycles. The Morgan fingerprint density at radius 2 is 1.89 bits per heavy atom.